The number of morpholine rings is 1. The summed E-state index contributed by atoms with van der Waals surface area (Å²) in [5.41, 5.74) is 1.99. The fourth-order valence-corrected chi connectivity index (χ4v) is 4.83. The molecule has 2 aliphatic rings. The lowest BCUT2D eigenvalue weighted by Gasteiger charge is -2.36. The number of carbonyl (C=O) groups is 2. The van der Waals surface area contributed by atoms with Crippen molar-refractivity contribution in [2.24, 2.45) is 0 Å². The summed E-state index contributed by atoms with van der Waals surface area (Å²) in [6, 6.07) is 18.7. The third-order valence-corrected chi connectivity index (χ3v) is 6.77. The monoisotopic (exact) mass is 509 g/mol. The average Bonchev–Trinajstić information content (AvgIpc) is 2.92. The largest absolute Gasteiger partial charge is 0.416 e. The molecule has 0 aromatic heterocycles. The lowest BCUT2D eigenvalue weighted by atomic mass is 9.92. The van der Waals surface area contributed by atoms with Crippen LogP contribution in [0.5, 0.6) is 0 Å². The maximum atomic E-state index is 13.7. The van der Waals surface area contributed by atoms with Crippen molar-refractivity contribution in [3.63, 3.8) is 0 Å². The molecular weight excluding hydrogens is 483 g/mol. The number of amides is 2. The van der Waals surface area contributed by atoms with E-state index in [0.717, 1.165) is 23.3 Å². The Morgan fingerprint density at radius 1 is 0.892 bits per heavy atom. The van der Waals surface area contributed by atoms with Crippen LogP contribution in [0.3, 0.4) is 0 Å². The molecule has 5 rings (SSSR count). The summed E-state index contributed by atoms with van der Waals surface area (Å²) >= 11 is 0. The summed E-state index contributed by atoms with van der Waals surface area (Å²) in [7, 11) is 0. The molecule has 1 fully saturated rings. The SMILES string of the molecule is O=C(Nc1cc(C(F)(F)F)ccc1N1CCOCC1)[C@@H]1Cc2ccccc2CN1C(=O)c1ccccc1. The van der Waals surface area contributed by atoms with Crippen molar-refractivity contribution in [3.8, 4) is 0 Å². The minimum Gasteiger partial charge on any atom is -0.378 e. The highest BCUT2D eigenvalue weighted by Gasteiger charge is 2.36. The van der Waals surface area contributed by atoms with E-state index in [1.807, 2.05) is 29.2 Å². The van der Waals surface area contributed by atoms with Gasteiger partial charge in [-0.2, -0.15) is 13.2 Å². The highest BCUT2D eigenvalue weighted by Crippen LogP contribution is 2.36. The average molecular weight is 510 g/mol. The van der Waals surface area contributed by atoms with E-state index < -0.39 is 23.7 Å². The van der Waals surface area contributed by atoms with Gasteiger partial charge in [0.2, 0.25) is 5.91 Å². The van der Waals surface area contributed by atoms with Crippen molar-refractivity contribution in [2.75, 3.05) is 36.5 Å². The number of anilines is 2. The summed E-state index contributed by atoms with van der Waals surface area (Å²) in [6.45, 7) is 2.08. The van der Waals surface area contributed by atoms with Gasteiger partial charge >= 0.3 is 6.18 Å². The van der Waals surface area contributed by atoms with E-state index in [4.69, 9.17) is 4.74 Å². The molecule has 1 saturated heterocycles. The Morgan fingerprint density at radius 3 is 2.27 bits per heavy atom. The molecule has 0 saturated carbocycles. The minimum absolute atomic E-state index is 0.0627. The molecule has 9 heteroatoms. The molecule has 0 bridgehead atoms. The van der Waals surface area contributed by atoms with Crippen LogP contribution in [-0.4, -0.2) is 49.1 Å². The van der Waals surface area contributed by atoms with Crippen LogP contribution in [0.2, 0.25) is 0 Å². The number of hydrogen-bond acceptors (Lipinski definition) is 4. The van der Waals surface area contributed by atoms with E-state index >= 15 is 0 Å². The van der Waals surface area contributed by atoms with E-state index in [-0.39, 0.29) is 24.6 Å². The van der Waals surface area contributed by atoms with Gasteiger partial charge in [-0.15, -0.1) is 0 Å². The molecule has 0 unspecified atom stereocenters. The van der Waals surface area contributed by atoms with Gasteiger partial charge in [-0.3, -0.25) is 9.59 Å². The van der Waals surface area contributed by atoms with Gasteiger partial charge in [0.1, 0.15) is 6.04 Å². The van der Waals surface area contributed by atoms with Crippen molar-refractivity contribution < 1.29 is 27.5 Å². The predicted molar refractivity (Wildman–Crippen MR) is 133 cm³/mol. The maximum Gasteiger partial charge on any atom is 0.416 e. The van der Waals surface area contributed by atoms with Crippen molar-refractivity contribution in [2.45, 2.75) is 25.2 Å². The zero-order valence-electron chi connectivity index (χ0n) is 20.0. The molecule has 37 heavy (non-hydrogen) atoms. The number of nitrogens with one attached hydrogen (secondary N) is 1. The number of hydrogen-bond donors (Lipinski definition) is 1. The molecular formula is C28H26F3N3O3. The number of nitrogens with zero attached hydrogens (tertiary/aromatic N) is 2. The highest BCUT2D eigenvalue weighted by molar-refractivity contribution is 6.03. The van der Waals surface area contributed by atoms with Crippen LogP contribution >= 0.6 is 0 Å². The van der Waals surface area contributed by atoms with Gasteiger partial charge < -0.3 is 19.9 Å². The summed E-state index contributed by atoms with van der Waals surface area (Å²) in [5, 5.41) is 2.74. The van der Waals surface area contributed by atoms with Crippen LogP contribution in [0.25, 0.3) is 0 Å². The van der Waals surface area contributed by atoms with Gasteiger partial charge in [0.15, 0.2) is 0 Å². The smallest absolute Gasteiger partial charge is 0.378 e. The number of ether oxygens (including phenoxy) is 1. The predicted octanol–water partition coefficient (Wildman–Crippen LogP) is 4.75. The van der Waals surface area contributed by atoms with Crippen molar-refractivity contribution >= 4 is 23.2 Å². The molecule has 1 N–H and O–H groups in total. The Morgan fingerprint density at radius 2 is 1.57 bits per heavy atom. The molecule has 6 nitrogen and oxygen atoms in total. The quantitative estimate of drug-likeness (QED) is 0.552. The van der Waals surface area contributed by atoms with Gasteiger partial charge in [0, 0.05) is 31.6 Å². The fraction of sp³-hybridized carbons (Fsp3) is 0.286. The minimum atomic E-state index is -4.57. The molecule has 3 aromatic rings. The molecule has 3 aromatic carbocycles. The zero-order valence-corrected chi connectivity index (χ0v) is 20.0. The number of benzene rings is 3. The van der Waals surface area contributed by atoms with E-state index in [0.29, 0.717) is 37.6 Å². The van der Waals surface area contributed by atoms with Gasteiger partial charge in [0.25, 0.3) is 5.91 Å². The summed E-state index contributed by atoms with van der Waals surface area (Å²) in [6.07, 6.45) is -4.31. The fourth-order valence-electron chi connectivity index (χ4n) is 4.83. The number of rotatable bonds is 4. The second-order valence-electron chi connectivity index (χ2n) is 9.11. The molecule has 192 valence electrons. The van der Waals surface area contributed by atoms with Crippen LogP contribution in [0.15, 0.2) is 72.8 Å². The van der Waals surface area contributed by atoms with Gasteiger partial charge in [0.05, 0.1) is 30.2 Å². The molecule has 1 atom stereocenters. The standard InChI is InChI=1S/C28H26F3N3O3/c29-28(30,31)22-10-11-24(33-12-14-37-15-13-33)23(17-22)32-26(35)25-16-20-8-4-5-9-21(20)18-34(25)27(36)19-6-2-1-3-7-19/h1-11,17,25H,12-16,18H2,(H,32,35)/t25-/m0/s1. The Hall–Kier alpha value is -3.85. The van der Waals surface area contributed by atoms with Crippen LogP contribution in [0.1, 0.15) is 27.0 Å². The number of fused-ring (bicyclic) bond motifs is 1. The second-order valence-corrected chi connectivity index (χ2v) is 9.11. The van der Waals surface area contributed by atoms with Crippen molar-refractivity contribution in [1.29, 1.82) is 0 Å². The summed E-state index contributed by atoms with van der Waals surface area (Å²) in [5.74, 6) is -0.847. The lowest BCUT2D eigenvalue weighted by Crippen LogP contribution is -2.50. The first kappa shape index (κ1) is 24.8. The van der Waals surface area contributed by atoms with Crippen molar-refractivity contribution in [1.82, 2.24) is 4.90 Å². The zero-order chi connectivity index (χ0) is 26.0. The Labute approximate surface area is 212 Å². The van der Waals surface area contributed by atoms with E-state index in [9.17, 15) is 22.8 Å². The molecule has 2 heterocycles. The number of halogens is 3. The highest BCUT2D eigenvalue weighted by atomic mass is 19.4. The molecule has 0 spiro atoms. The van der Waals surface area contributed by atoms with E-state index in [1.165, 1.54) is 11.0 Å². The topological polar surface area (TPSA) is 61.9 Å². The van der Waals surface area contributed by atoms with Crippen LogP contribution in [0, 0.1) is 0 Å². The van der Waals surface area contributed by atoms with E-state index in [2.05, 4.69) is 5.32 Å². The Bertz CT molecular complexity index is 1290. The summed E-state index contributed by atoms with van der Waals surface area (Å²) < 4.78 is 46.0. The molecule has 0 aliphatic carbocycles. The van der Waals surface area contributed by atoms with Gasteiger partial charge in [-0.05, 0) is 41.5 Å². The lowest BCUT2D eigenvalue weighted by molar-refractivity contribution is -0.137. The third-order valence-electron chi connectivity index (χ3n) is 6.77. The van der Waals surface area contributed by atoms with Crippen LogP contribution < -0.4 is 10.2 Å². The van der Waals surface area contributed by atoms with Crippen molar-refractivity contribution in [3.05, 3.63) is 95.1 Å². The van der Waals surface area contributed by atoms with E-state index in [1.54, 1.807) is 30.3 Å². The third kappa shape index (κ3) is 5.32. The summed E-state index contributed by atoms with van der Waals surface area (Å²) in [4.78, 5) is 30.5. The Kier molecular flexibility index (Phi) is 6.88. The molecule has 2 amide bonds. The first-order valence-corrected chi connectivity index (χ1v) is 12.1. The number of alkyl halides is 3. The van der Waals surface area contributed by atoms with Crippen LogP contribution in [0.4, 0.5) is 24.5 Å². The first-order chi connectivity index (χ1) is 17.8. The van der Waals surface area contributed by atoms with Gasteiger partial charge in [-0.1, -0.05) is 42.5 Å². The normalized spacial score (nSPS) is 17.8. The molecule has 0 radical (unpaired) electrons. The van der Waals surface area contributed by atoms with Crippen LogP contribution in [-0.2, 0) is 28.7 Å². The maximum absolute atomic E-state index is 13.7. The Balaban J connectivity index is 1.49. The second kappa shape index (κ2) is 10.3. The van der Waals surface area contributed by atoms with Gasteiger partial charge in [-0.25, -0.2) is 0 Å². The molecule has 2 aliphatic heterocycles. The first-order valence-electron chi connectivity index (χ1n) is 12.1. The number of carbonyl (C=O) groups excluding carboxylic acids is 2.